The Kier molecular flexibility index (Phi) is 2.54. The zero-order chi connectivity index (χ0) is 12.9. The molecular formula is C14H20N2O2. The fourth-order valence-corrected chi connectivity index (χ4v) is 3.24. The number of aromatic hydroxyl groups is 1. The summed E-state index contributed by atoms with van der Waals surface area (Å²) in [6.07, 6.45) is 0.935. The van der Waals surface area contributed by atoms with Crippen LogP contribution in [0.5, 0.6) is 11.5 Å². The van der Waals surface area contributed by atoms with Gasteiger partial charge in [0.2, 0.25) is 0 Å². The van der Waals surface area contributed by atoms with Crippen LogP contribution in [0.2, 0.25) is 0 Å². The molecule has 0 spiro atoms. The maximum absolute atomic E-state index is 10.5. The molecule has 3 aliphatic heterocycles. The molecule has 0 amide bonds. The summed E-state index contributed by atoms with van der Waals surface area (Å²) in [5.74, 6) is 0.906. The lowest BCUT2D eigenvalue weighted by molar-refractivity contribution is 0.267. The van der Waals surface area contributed by atoms with Gasteiger partial charge in [0.25, 0.3) is 0 Å². The molecule has 1 aromatic rings. The molecule has 0 aromatic heterocycles. The predicted octanol–water partition coefficient (Wildman–Crippen LogP) is 1.26. The minimum Gasteiger partial charge on any atom is -0.504 e. The molecule has 0 radical (unpaired) electrons. The van der Waals surface area contributed by atoms with Gasteiger partial charge in [-0.3, -0.25) is 0 Å². The molecule has 1 saturated heterocycles. The molecule has 3 aliphatic rings. The minimum absolute atomic E-state index is 0.0786. The number of piperazine rings is 1. The van der Waals surface area contributed by atoms with Crippen molar-refractivity contribution in [2.24, 2.45) is 0 Å². The van der Waals surface area contributed by atoms with Crippen molar-refractivity contribution in [2.45, 2.75) is 31.8 Å². The van der Waals surface area contributed by atoms with Crippen molar-refractivity contribution >= 4 is 0 Å². The van der Waals surface area contributed by atoms with Gasteiger partial charge in [0.05, 0.1) is 7.11 Å². The highest BCUT2D eigenvalue weighted by molar-refractivity contribution is 5.57. The summed E-state index contributed by atoms with van der Waals surface area (Å²) < 4.78 is 5.32. The topological polar surface area (TPSA) is 53.5 Å². The van der Waals surface area contributed by atoms with Crippen LogP contribution in [0.15, 0.2) is 6.07 Å². The van der Waals surface area contributed by atoms with Crippen molar-refractivity contribution in [3.63, 3.8) is 0 Å². The highest BCUT2D eigenvalue weighted by Gasteiger charge is 2.38. The fourth-order valence-electron chi connectivity index (χ4n) is 3.24. The van der Waals surface area contributed by atoms with Gasteiger partial charge in [-0.15, -0.1) is 0 Å². The van der Waals surface area contributed by atoms with Gasteiger partial charge in [0.15, 0.2) is 11.5 Å². The van der Waals surface area contributed by atoms with Crippen LogP contribution in [0.4, 0.5) is 0 Å². The molecule has 0 saturated carbocycles. The summed E-state index contributed by atoms with van der Waals surface area (Å²) in [5.41, 5.74) is 3.31. The number of phenols is 1. The van der Waals surface area contributed by atoms with E-state index in [1.807, 2.05) is 6.92 Å². The molecule has 2 bridgehead atoms. The van der Waals surface area contributed by atoms with Crippen LogP contribution in [0, 0.1) is 6.92 Å². The van der Waals surface area contributed by atoms with E-state index in [1.54, 1.807) is 7.11 Å². The number of hydrogen-bond donors (Lipinski definition) is 3. The number of phenolic OH excluding ortho intramolecular Hbond substituents is 1. The zero-order valence-corrected chi connectivity index (χ0v) is 11.1. The summed E-state index contributed by atoms with van der Waals surface area (Å²) in [7, 11) is 1.61. The number of nitrogens with one attached hydrogen (secondary N) is 2. The number of benzene rings is 1. The van der Waals surface area contributed by atoms with E-state index in [-0.39, 0.29) is 11.6 Å². The zero-order valence-electron chi connectivity index (χ0n) is 11.1. The lowest BCUT2D eigenvalue weighted by atomic mass is 9.91. The van der Waals surface area contributed by atoms with Crippen molar-refractivity contribution in [1.29, 1.82) is 0 Å². The Morgan fingerprint density at radius 1 is 1.50 bits per heavy atom. The molecule has 4 rings (SSSR count). The predicted molar refractivity (Wildman–Crippen MR) is 70.3 cm³/mol. The standard InChI is InChI=1S/C14H20N2O2/c1-8-4-9-5-14(2)7-15-10(6-16-14)11(9)12(17)13(8)18-3/h4,10,15-17H,5-7H2,1-3H3. The van der Waals surface area contributed by atoms with E-state index < -0.39 is 0 Å². The Morgan fingerprint density at radius 2 is 2.28 bits per heavy atom. The van der Waals surface area contributed by atoms with Crippen LogP contribution in [0.25, 0.3) is 0 Å². The molecule has 18 heavy (non-hydrogen) atoms. The third kappa shape index (κ3) is 1.60. The monoisotopic (exact) mass is 248 g/mol. The van der Waals surface area contributed by atoms with Gasteiger partial charge in [0.1, 0.15) is 0 Å². The number of aryl methyl sites for hydroxylation is 1. The van der Waals surface area contributed by atoms with E-state index >= 15 is 0 Å². The second kappa shape index (κ2) is 3.87. The Morgan fingerprint density at radius 3 is 2.89 bits per heavy atom. The van der Waals surface area contributed by atoms with Crippen molar-refractivity contribution in [1.82, 2.24) is 10.6 Å². The highest BCUT2D eigenvalue weighted by atomic mass is 16.5. The van der Waals surface area contributed by atoms with E-state index in [0.29, 0.717) is 11.5 Å². The third-order valence-electron chi connectivity index (χ3n) is 4.17. The van der Waals surface area contributed by atoms with Crippen LogP contribution < -0.4 is 15.4 Å². The molecule has 3 heterocycles. The Hall–Kier alpha value is -1.26. The first kappa shape index (κ1) is 11.8. The molecule has 0 aliphatic carbocycles. The lowest BCUT2D eigenvalue weighted by Gasteiger charge is -2.35. The first-order valence-electron chi connectivity index (χ1n) is 6.42. The van der Waals surface area contributed by atoms with E-state index in [9.17, 15) is 5.11 Å². The second-order valence-electron chi connectivity index (χ2n) is 5.70. The van der Waals surface area contributed by atoms with Crippen molar-refractivity contribution in [3.8, 4) is 11.5 Å². The van der Waals surface area contributed by atoms with Crippen molar-refractivity contribution in [2.75, 3.05) is 20.2 Å². The summed E-state index contributed by atoms with van der Waals surface area (Å²) in [6, 6.07) is 2.32. The SMILES string of the molecule is COc1c(C)cc2c(c1O)C1CNC(C)(CN1)C2. The van der Waals surface area contributed by atoms with Crippen LogP contribution in [0.3, 0.4) is 0 Å². The normalized spacial score (nSPS) is 29.8. The van der Waals surface area contributed by atoms with Gasteiger partial charge in [-0.05, 0) is 31.4 Å². The van der Waals surface area contributed by atoms with Crippen molar-refractivity contribution in [3.05, 3.63) is 22.8 Å². The van der Waals surface area contributed by atoms with Gasteiger partial charge < -0.3 is 20.5 Å². The van der Waals surface area contributed by atoms with Gasteiger partial charge in [-0.25, -0.2) is 0 Å². The summed E-state index contributed by atoms with van der Waals surface area (Å²) >= 11 is 0. The Bertz CT molecular complexity index is 491. The average molecular weight is 248 g/mol. The Balaban J connectivity index is 2.20. The van der Waals surface area contributed by atoms with E-state index in [1.165, 1.54) is 5.56 Å². The summed E-state index contributed by atoms with van der Waals surface area (Å²) in [5, 5.41) is 17.5. The molecule has 98 valence electrons. The van der Waals surface area contributed by atoms with Gasteiger partial charge in [-0.1, -0.05) is 6.07 Å². The maximum atomic E-state index is 10.5. The minimum atomic E-state index is 0.0786. The second-order valence-corrected chi connectivity index (χ2v) is 5.70. The summed E-state index contributed by atoms with van der Waals surface area (Å²) in [4.78, 5) is 0. The highest BCUT2D eigenvalue weighted by Crippen LogP contribution is 2.43. The van der Waals surface area contributed by atoms with Gasteiger partial charge >= 0.3 is 0 Å². The number of fused-ring (bicyclic) bond motifs is 2. The van der Waals surface area contributed by atoms with Crippen LogP contribution in [-0.4, -0.2) is 30.8 Å². The molecule has 1 fully saturated rings. The molecule has 2 unspecified atom stereocenters. The van der Waals surface area contributed by atoms with Crippen LogP contribution in [0.1, 0.15) is 29.7 Å². The summed E-state index contributed by atoms with van der Waals surface area (Å²) in [6.45, 7) is 5.98. The van der Waals surface area contributed by atoms with Crippen LogP contribution >= 0.6 is 0 Å². The molecule has 3 N–H and O–H groups in total. The quantitative estimate of drug-likeness (QED) is 0.700. The van der Waals surface area contributed by atoms with Crippen molar-refractivity contribution < 1.29 is 9.84 Å². The van der Waals surface area contributed by atoms with E-state index in [4.69, 9.17) is 4.74 Å². The number of hydrogen-bond acceptors (Lipinski definition) is 4. The van der Waals surface area contributed by atoms with Crippen LogP contribution in [-0.2, 0) is 6.42 Å². The van der Waals surface area contributed by atoms with Gasteiger partial charge in [-0.2, -0.15) is 0 Å². The molecular weight excluding hydrogens is 228 g/mol. The number of methoxy groups -OCH3 is 1. The molecule has 1 aromatic carbocycles. The maximum Gasteiger partial charge on any atom is 0.163 e. The first-order valence-corrected chi connectivity index (χ1v) is 6.42. The largest absolute Gasteiger partial charge is 0.504 e. The molecule has 2 atom stereocenters. The first-order chi connectivity index (χ1) is 8.54. The van der Waals surface area contributed by atoms with E-state index in [2.05, 4.69) is 23.6 Å². The third-order valence-corrected chi connectivity index (χ3v) is 4.17. The van der Waals surface area contributed by atoms with E-state index in [0.717, 1.165) is 30.6 Å². The average Bonchev–Trinajstić information content (AvgIpc) is 2.53. The van der Waals surface area contributed by atoms with Gasteiger partial charge in [0, 0.05) is 30.2 Å². The Labute approximate surface area is 107 Å². The number of ether oxygens (including phenoxy) is 1. The molecule has 4 heteroatoms. The lowest BCUT2D eigenvalue weighted by Crippen LogP contribution is -2.57. The number of rotatable bonds is 1. The smallest absolute Gasteiger partial charge is 0.163 e. The molecule has 4 nitrogen and oxygen atoms in total. The fraction of sp³-hybridized carbons (Fsp3) is 0.571.